The maximum Gasteiger partial charge on any atom is 0.350 e. The van der Waals surface area contributed by atoms with Gasteiger partial charge in [0.25, 0.3) is 5.56 Å². The first-order valence-electron chi connectivity index (χ1n) is 25.7. The van der Waals surface area contributed by atoms with Crippen LogP contribution in [0.25, 0.3) is 22.3 Å². The molecule has 372 valence electrons. The molecule has 13 heteroatoms. The molecule has 3 aliphatic rings. The van der Waals surface area contributed by atoms with Crippen molar-refractivity contribution < 1.29 is 48.0 Å². The van der Waals surface area contributed by atoms with Gasteiger partial charge in [0, 0.05) is 28.5 Å². The SMILES string of the molecule is CCCCCCCCCCCCCCCCOC(=O)[C@]1(C)CCc2c(C)c(OC(=O)CCC(=O)Oc3ccc4nc5c(c(CC)c4c3)Cn3c-5cc4c(c3=O)COC(=O)[C@]4(O)CC)c(C)c(C)c2O1. The van der Waals surface area contributed by atoms with Crippen LogP contribution in [0, 0.1) is 20.8 Å². The Labute approximate surface area is 406 Å². The number of carbonyl (C=O) groups excluding carboxylic acids is 4. The highest BCUT2D eigenvalue weighted by molar-refractivity contribution is 5.91. The van der Waals surface area contributed by atoms with Crippen molar-refractivity contribution in [1.29, 1.82) is 0 Å². The van der Waals surface area contributed by atoms with Gasteiger partial charge in [0.05, 0.1) is 48.5 Å². The predicted octanol–water partition coefficient (Wildman–Crippen LogP) is 11.0. The number of benzene rings is 2. The first-order chi connectivity index (χ1) is 33.1. The van der Waals surface area contributed by atoms with Crippen molar-refractivity contribution in [3.05, 3.63) is 79.1 Å². The Balaban J connectivity index is 0.895. The van der Waals surface area contributed by atoms with E-state index in [2.05, 4.69) is 6.92 Å². The zero-order valence-corrected chi connectivity index (χ0v) is 42.0. The van der Waals surface area contributed by atoms with E-state index in [0.717, 1.165) is 52.5 Å². The standard InChI is InChI=1S/C56H72N2O11/c1-8-11-12-13-14-15-16-17-18-19-20-21-22-23-30-65-53(62)55(7)29-28-40-37(6)50(35(4)36(5)51(40)69-55)68-48(60)27-26-47(59)67-38-24-25-45-41(31-38)39(9-2)42-33-58-46(49(42)57-45)32-44-43(52(58)61)34-66-54(63)56(44,64)10-3/h24-25,31-32,64H,8-23,26-30,33-34H2,1-7H3/t55-,56-/m0/s1. The molecular weight excluding hydrogens is 877 g/mol. The van der Waals surface area contributed by atoms with E-state index in [1.807, 2.05) is 27.7 Å². The first kappa shape index (κ1) is 51.3. The van der Waals surface area contributed by atoms with Gasteiger partial charge < -0.3 is 33.4 Å². The van der Waals surface area contributed by atoms with Crippen LogP contribution in [0.5, 0.6) is 17.2 Å². The van der Waals surface area contributed by atoms with Crippen molar-refractivity contribution in [3.8, 4) is 28.6 Å². The molecule has 5 heterocycles. The van der Waals surface area contributed by atoms with Crippen LogP contribution in [0.1, 0.15) is 188 Å². The lowest BCUT2D eigenvalue weighted by molar-refractivity contribution is -0.172. The van der Waals surface area contributed by atoms with Gasteiger partial charge >= 0.3 is 23.9 Å². The van der Waals surface area contributed by atoms with Crippen LogP contribution in [0.2, 0.25) is 0 Å². The monoisotopic (exact) mass is 949 g/mol. The molecule has 0 saturated carbocycles. The topological polar surface area (TPSA) is 170 Å². The highest BCUT2D eigenvalue weighted by Gasteiger charge is 2.46. The minimum Gasteiger partial charge on any atom is -0.475 e. The van der Waals surface area contributed by atoms with Crippen molar-refractivity contribution in [3.63, 3.8) is 0 Å². The van der Waals surface area contributed by atoms with E-state index >= 15 is 0 Å². The lowest BCUT2D eigenvalue weighted by atomic mass is 9.86. The Hall–Kier alpha value is -5.56. The van der Waals surface area contributed by atoms with E-state index < -0.39 is 29.1 Å². The molecule has 0 fully saturated rings. The molecular formula is C56H72N2O11. The highest BCUT2D eigenvalue weighted by Crippen LogP contribution is 2.45. The molecule has 4 aromatic rings. The number of unbranched alkanes of at least 4 members (excludes halogenated alkanes) is 13. The molecule has 0 aliphatic carbocycles. The second-order valence-electron chi connectivity index (χ2n) is 19.6. The molecule has 3 aliphatic heterocycles. The minimum absolute atomic E-state index is 0.0487. The van der Waals surface area contributed by atoms with Crippen molar-refractivity contribution >= 4 is 34.8 Å². The molecule has 2 aromatic carbocycles. The highest BCUT2D eigenvalue weighted by atomic mass is 16.6. The zero-order chi connectivity index (χ0) is 49.5. The number of nitrogens with zero attached hydrogens (tertiary/aromatic N) is 2. The van der Waals surface area contributed by atoms with Crippen LogP contribution in [-0.4, -0.2) is 50.7 Å². The summed E-state index contributed by atoms with van der Waals surface area (Å²) < 4.78 is 30.7. The average molecular weight is 949 g/mol. The number of cyclic esters (lactones) is 1. The number of esters is 4. The largest absolute Gasteiger partial charge is 0.475 e. The van der Waals surface area contributed by atoms with Crippen LogP contribution in [0.15, 0.2) is 29.1 Å². The third kappa shape index (κ3) is 10.9. The number of fused-ring (bicyclic) bond motifs is 6. The first-order valence-corrected chi connectivity index (χ1v) is 25.7. The number of rotatable bonds is 23. The molecule has 0 amide bonds. The van der Waals surface area contributed by atoms with Gasteiger partial charge in [-0.1, -0.05) is 104 Å². The molecule has 69 heavy (non-hydrogen) atoms. The zero-order valence-electron chi connectivity index (χ0n) is 42.0. The summed E-state index contributed by atoms with van der Waals surface area (Å²) in [6, 6.07) is 6.81. The summed E-state index contributed by atoms with van der Waals surface area (Å²) in [5.41, 5.74) is 3.72. The second kappa shape index (κ2) is 22.5. The summed E-state index contributed by atoms with van der Waals surface area (Å²) in [6.07, 6.45) is 18.8. The van der Waals surface area contributed by atoms with E-state index in [4.69, 9.17) is 28.7 Å². The van der Waals surface area contributed by atoms with E-state index in [1.165, 1.54) is 70.6 Å². The molecule has 0 bridgehead atoms. The van der Waals surface area contributed by atoms with Crippen molar-refractivity contribution in [2.24, 2.45) is 0 Å². The van der Waals surface area contributed by atoms with Gasteiger partial charge in [0.15, 0.2) is 5.60 Å². The number of hydrogen-bond donors (Lipinski definition) is 1. The summed E-state index contributed by atoms with van der Waals surface area (Å²) in [5, 5.41) is 12.0. The smallest absolute Gasteiger partial charge is 0.350 e. The van der Waals surface area contributed by atoms with Gasteiger partial charge in [0.2, 0.25) is 5.60 Å². The number of hydrogen-bond acceptors (Lipinski definition) is 12. The third-order valence-electron chi connectivity index (χ3n) is 14.8. The molecule has 7 rings (SSSR count). The Kier molecular flexibility index (Phi) is 16.7. The fourth-order valence-corrected chi connectivity index (χ4v) is 10.3. The number of aryl methyl sites for hydroxylation is 1. The Morgan fingerprint density at radius 1 is 0.783 bits per heavy atom. The van der Waals surface area contributed by atoms with E-state index in [9.17, 15) is 29.1 Å². The van der Waals surface area contributed by atoms with Crippen molar-refractivity contribution in [2.45, 2.75) is 201 Å². The van der Waals surface area contributed by atoms with Gasteiger partial charge in [0.1, 0.15) is 23.9 Å². The lowest BCUT2D eigenvalue weighted by Crippen LogP contribution is -2.46. The molecule has 2 aromatic heterocycles. The fourth-order valence-electron chi connectivity index (χ4n) is 10.3. The molecule has 1 N–H and O–H groups in total. The Bertz CT molecular complexity index is 2650. The van der Waals surface area contributed by atoms with E-state index in [-0.39, 0.29) is 60.8 Å². The summed E-state index contributed by atoms with van der Waals surface area (Å²) >= 11 is 0. The predicted molar refractivity (Wildman–Crippen MR) is 264 cm³/mol. The summed E-state index contributed by atoms with van der Waals surface area (Å²) in [7, 11) is 0. The quantitative estimate of drug-likeness (QED) is 0.0374. The van der Waals surface area contributed by atoms with Crippen LogP contribution in [-0.2, 0) is 60.2 Å². The van der Waals surface area contributed by atoms with Crippen LogP contribution in [0.3, 0.4) is 0 Å². The molecule has 0 unspecified atom stereocenters. The lowest BCUT2D eigenvalue weighted by Gasteiger charge is -2.36. The molecule has 0 spiro atoms. The number of aromatic nitrogens is 2. The van der Waals surface area contributed by atoms with Crippen molar-refractivity contribution in [1.82, 2.24) is 9.55 Å². The fraction of sp³-hybridized carbons (Fsp3) is 0.571. The Morgan fingerprint density at radius 2 is 1.42 bits per heavy atom. The van der Waals surface area contributed by atoms with Crippen LogP contribution < -0.4 is 19.8 Å². The molecule has 13 nitrogen and oxygen atoms in total. The van der Waals surface area contributed by atoms with E-state index in [0.29, 0.717) is 59.8 Å². The summed E-state index contributed by atoms with van der Waals surface area (Å²) in [6.45, 7) is 13.7. The van der Waals surface area contributed by atoms with Crippen LogP contribution in [0.4, 0.5) is 0 Å². The maximum atomic E-state index is 13.7. The van der Waals surface area contributed by atoms with Gasteiger partial charge in [-0.15, -0.1) is 0 Å². The van der Waals surface area contributed by atoms with Gasteiger partial charge in [-0.25, -0.2) is 14.6 Å². The number of pyridine rings is 2. The minimum atomic E-state index is -1.92. The number of aliphatic hydroxyl groups is 1. The van der Waals surface area contributed by atoms with Crippen molar-refractivity contribution in [2.75, 3.05) is 6.61 Å². The van der Waals surface area contributed by atoms with Gasteiger partial charge in [-0.2, -0.15) is 0 Å². The molecule has 2 atom stereocenters. The maximum absolute atomic E-state index is 13.7. The summed E-state index contributed by atoms with van der Waals surface area (Å²) in [5.74, 6) is -1.00. The average Bonchev–Trinajstić information content (AvgIpc) is 3.71. The number of ether oxygens (including phenoxy) is 5. The van der Waals surface area contributed by atoms with Gasteiger partial charge in [-0.05, 0) is 99.9 Å². The second-order valence-corrected chi connectivity index (χ2v) is 19.6. The number of carbonyl (C=O) groups is 4. The third-order valence-corrected chi connectivity index (χ3v) is 14.8. The molecule has 0 radical (unpaired) electrons. The van der Waals surface area contributed by atoms with Crippen LogP contribution >= 0.6 is 0 Å². The normalized spacial score (nSPS) is 17.9. The van der Waals surface area contributed by atoms with E-state index in [1.54, 1.807) is 42.7 Å². The Morgan fingerprint density at radius 3 is 2.06 bits per heavy atom. The van der Waals surface area contributed by atoms with Gasteiger partial charge in [-0.3, -0.25) is 14.4 Å². The molecule has 0 saturated heterocycles. The summed E-state index contributed by atoms with van der Waals surface area (Å²) in [4.78, 5) is 71.1.